The molecule has 0 heterocycles. The van der Waals surface area contributed by atoms with Crippen molar-refractivity contribution >= 4 is 0 Å². The lowest BCUT2D eigenvalue weighted by Crippen LogP contribution is -2.22. The van der Waals surface area contributed by atoms with Gasteiger partial charge in [0, 0.05) is 5.41 Å². The van der Waals surface area contributed by atoms with E-state index >= 15 is 0 Å². The molecule has 0 N–H and O–H groups in total. The molecule has 0 spiro atoms. The van der Waals surface area contributed by atoms with Gasteiger partial charge >= 0.3 is 0 Å². The van der Waals surface area contributed by atoms with Crippen LogP contribution >= 0.6 is 0 Å². The molecule has 0 aromatic carbocycles. The van der Waals surface area contributed by atoms with Crippen LogP contribution in [0.4, 0.5) is 8.78 Å². The minimum atomic E-state index is -2.45. The van der Waals surface area contributed by atoms with Gasteiger partial charge in [0.2, 0.25) is 0 Å². The molecule has 1 saturated carbocycles. The predicted molar refractivity (Wildman–Crippen MR) is 39.3 cm³/mol. The van der Waals surface area contributed by atoms with Gasteiger partial charge in [-0.15, -0.1) is 0 Å². The van der Waals surface area contributed by atoms with Gasteiger partial charge in [0.15, 0.2) is 0 Å². The molecular weight excluding hydrogens is 134 g/mol. The van der Waals surface area contributed by atoms with Crippen LogP contribution in [0.15, 0.2) is 0 Å². The van der Waals surface area contributed by atoms with E-state index in [1.54, 1.807) is 6.92 Å². The summed E-state index contributed by atoms with van der Waals surface area (Å²) in [5, 5.41) is 0. The molecule has 0 aliphatic heterocycles. The Kier molecular flexibility index (Phi) is 2.81. The van der Waals surface area contributed by atoms with E-state index in [9.17, 15) is 8.78 Å². The Morgan fingerprint density at radius 1 is 1.20 bits per heavy atom. The maximum Gasteiger partial charge on any atom is 0.250 e. The van der Waals surface area contributed by atoms with Crippen LogP contribution in [0.5, 0.6) is 0 Å². The quantitative estimate of drug-likeness (QED) is 0.537. The van der Waals surface area contributed by atoms with Gasteiger partial charge in [-0.25, -0.2) is 8.78 Å². The summed E-state index contributed by atoms with van der Waals surface area (Å²) >= 11 is 0. The van der Waals surface area contributed by atoms with Gasteiger partial charge in [-0.2, -0.15) is 0 Å². The van der Waals surface area contributed by atoms with E-state index in [1.165, 1.54) is 0 Å². The van der Waals surface area contributed by atoms with Crippen LogP contribution in [0.25, 0.3) is 0 Å². The topological polar surface area (TPSA) is 0 Å². The van der Waals surface area contributed by atoms with Crippen LogP contribution in [0.1, 0.15) is 40.5 Å². The van der Waals surface area contributed by atoms with Crippen molar-refractivity contribution in [1.82, 2.24) is 0 Å². The molecule has 0 amide bonds. The molecule has 1 aliphatic rings. The van der Waals surface area contributed by atoms with E-state index in [1.807, 2.05) is 13.8 Å². The highest BCUT2D eigenvalue weighted by Crippen LogP contribution is 2.55. The lowest BCUT2D eigenvalue weighted by Gasteiger charge is -2.16. The third-order valence-corrected chi connectivity index (χ3v) is 2.06. The first-order chi connectivity index (χ1) is 4.46. The van der Waals surface area contributed by atoms with Crippen molar-refractivity contribution in [3.05, 3.63) is 0 Å². The molecule has 62 valence electrons. The summed E-state index contributed by atoms with van der Waals surface area (Å²) in [5.41, 5.74) is -0.646. The molecule has 0 nitrogen and oxygen atoms in total. The minimum Gasteiger partial charge on any atom is -0.207 e. The maximum absolute atomic E-state index is 12.3. The number of rotatable bonds is 1. The van der Waals surface area contributed by atoms with Gasteiger partial charge in [-0.05, 0) is 19.8 Å². The SMILES string of the molecule is CC.CC(F)(F)C1(C)CC1. The molecule has 0 aromatic heterocycles. The van der Waals surface area contributed by atoms with Crippen molar-refractivity contribution in [2.75, 3.05) is 0 Å². The molecule has 0 bridgehead atoms. The van der Waals surface area contributed by atoms with Gasteiger partial charge in [0.05, 0.1) is 0 Å². The third-order valence-electron chi connectivity index (χ3n) is 2.06. The summed E-state index contributed by atoms with van der Waals surface area (Å²) in [4.78, 5) is 0. The highest BCUT2D eigenvalue weighted by atomic mass is 19.3. The Labute approximate surface area is 61.6 Å². The first-order valence-corrected chi connectivity index (χ1v) is 3.84. The van der Waals surface area contributed by atoms with Crippen LogP contribution in [0, 0.1) is 5.41 Å². The monoisotopic (exact) mass is 150 g/mol. The molecule has 0 saturated heterocycles. The molecule has 1 aliphatic carbocycles. The lowest BCUT2D eigenvalue weighted by molar-refractivity contribution is -0.0462. The van der Waals surface area contributed by atoms with Gasteiger partial charge in [-0.3, -0.25) is 0 Å². The average molecular weight is 150 g/mol. The molecule has 10 heavy (non-hydrogen) atoms. The highest BCUT2D eigenvalue weighted by molar-refractivity contribution is 4.97. The van der Waals surface area contributed by atoms with Crippen LogP contribution < -0.4 is 0 Å². The number of hydrogen-bond acceptors (Lipinski definition) is 0. The van der Waals surface area contributed by atoms with Gasteiger partial charge < -0.3 is 0 Å². The standard InChI is InChI=1S/C6H10F2.C2H6/c1-5(3-4-5)6(2,7)8;1-2/h3-4H2,1-2H3;1-2H3. The molecular formula is C8H16F2. The van der Waals surface area contributed by atoms with Crippen LogP contribution in [-0.4, -0.2) is 5.92 Å². The fraction of sp³-hybridized carbons (Fsp3) is 1.00. The van der Waals surface area contributed by atoms with Gasteiger partial charge in [0.25, 0.3) is 5.92 Å². The molecule has 1 fully saturated rings. The fourth-order valence-electron chi connectivity index (χ4n) is 0.626. The molecule has 0 atom stereocenters. The average Bonchev–Trinajstić information content (AvgIpc) is 2.52. The lowest BCUT2D eigenvalue weighted by atomic mass is 10.0. The van der Waals surface area contributed by atoms with E-state index in [0.29, 0.717) is 12.8 Å². The first kappa shape index (κ1) is 9.86. The second kappa shape index (κ2) is 2.85. The fourth-order valence-corrected chi connectivity index (χ4v) is 0.626. The van der Waals surface area contributed by atoms with E-state index < -0.39 is 11.3 Å². The first-order valence-electron chi connectivity index (χ1n) is 3.84. The minimum absolute atomic E-state index is 0.646. The Hall–Kier alpha value is -0.140. The second-order valence-corrected chi connectivity index (χ2v) is 2.95. The van der Waals surface area contributed by atoms with Crippen molar-refractivity contribution in [1.29, 1.82) is 0 Å². The van der Waals surface area contributed by atoms with Crippen molar-refractivity contribution in [3.8, 4) is 0 Å². The Morgan fingerprint density at radius 2 is 1.50 bits per heavy atom. The van der Waals surface area contributed by atoms with Gasteiger partial charge in [-0.1, -0.05) is 20.8 Å². The molecule has 1 rings (SSSR count). The Bertz CT molecular complexity index is 95.1. The maximum atomic E-state index is 12.3. The summed E-state index contributed by atoms with van der Waals surface area (Å²) in [6, 6.07) is 0. The van der Waals surface area contributed by atoms with Crippen LogP contribution in [0.3, 0.4) is 0 Å². The summed E-state index contributed by atoms with van der Waals surface area (Å²) in [6.07, 6.45) is 1.38. The van der Waals surface area contributed by atoms with E-state index in [-0.39, 0.29) is 0 Å². The van der Waals surface area contributed by atoms with Crippen molar-refractivity contribution in [3.63, 3.8) is 0 Å². The zero-order valence-corrected chi connectivity index (χ0v) is 7.17. The van der Waals surface area contributed by atoms with E-state index in [4.69, 9.17) is 0 Å². The largest absolute Gasteiger partial charge is 0.250 e. The van der Waals surface area contributed by atoms with Crippen molar-refractivity contribution in [2.45, 2.75) is 46.5 Å². The van der Waals surface area contributed by atoms with Crippen LogP contribution in [-0.2, 0) is 0 Å². The third kappa shape index (κ3) is 1.93. The second-order valence-electron chi connectivity index (χ2n) is 2.95. The predicted octanol–water partition coefficient (Wildman–Crippen LogP) is 3.47. The summed E-state index contributed by atoms with van der Waals surface area (Å²) in [5.74, 6) is -2.45. The zero-order valence-electron chi connectivity index (χ0n) is 7.17. The Morgan fingerprint density at radius 3 is 1.50 bits per heavy atom. The van der Waals surface area contributed by atoms with E-state index in [0.717, 1.165) is 6.92 Å². The number of alkyl halides is 2. The zero-order chi connectivity index (χ0) is 8.41. The number of halogens is 2. The molecule has 0 unspecified atom stereocenters. The van der Waals surface area contributed by atoms with Crippen molar-refractivity contribution in [2.24, 2.45) is 5.41 Å². The number of hydrogen-bond donors (Lipinski definition) is 0. The summed E-state index contributed by atoms with van der Waals surface area (Å²) in [7, 11) is 0. The Balaban J connectivity index is 0.000000371. The molecule has 0 aromatic rings. The normalized spacial score (nSPS) is 21.0. The van der Waals surface area contributed by atoms with Crippen molar-refractivity contribution < 1.29 is 8.78 Å². The van der Waals surface area contributed by atoms with E-state index in [2.05, 4.69) is 0 Å². The molecule has 0 radical (unpaired) electrons. The smallest absolute Gasteiger partial charge is 0.207 e. The summed E-state index contributed by atoms with van der Waals surface area (Å²) in [6.45, 7) is 6.63. The highest BCUT2D eigenvalue weighted by Gasteiger charge is 2.54. The van der Waals surface area contributed by atoms with Gasteiger partial charge in [0.1, 0.15) is 0 Å². The molecule has 2 heteroatoms. The summed E-state index contributed by atoms with van der Waals surface area (Å²) < 4.78 is 24.6. The van der Waals surface area contributed by atoms with Crippen LogP contribution in [0.2, 0.25) is 0 Å².